The molecule has 0 aliphatic carbocycles. The molecule has 0 radical (unpaired) electrons. The molecular weight excluding hydrogens is 322 g/mol. The number of unbranched alkanes of at least 4 members (excludes halogenated alkanes) is 3. The molecule has 0 aromatic rings. The van der Waals surface area contributed by atoms with Crippen LogP contribution in [0.3, 0.4) is 0 Å². The quantitative estimate of drug-likeness (QED) is 0.394. The fraction of sp³-hybridized carbons (Fsp3) is 0.889. The number of fused-ring (bicyclic) bond motifs is 1. The third-order valence-electron chi connectivity index (χ3n) is 4.86. The first-order chi connectivity index (χ1) is 11.6. The van der Waals surface area contributed by atoms with Crippen LogP contribution in [0.5, 0.6) is 0 Å². The second-order valence-corrected chi connectivity index (χ2v) is 8.73. The lowest BCUT2D eigenvalue weighted by atomic mass is 10.0. The molecule has 0 spiro atoms. The highest BCUT2D eigenvalue weighted by Gasteiger charge is 2.42. The zero-order valence-corrected chi connectivity index (χ0v) is 15.9. The maximum atomic E-state index is 11.8. The summed E-state index contributed by atoms with van der Waals surface area (Å²) in [5, 5.41) is 9.51. The number of hydrogen-bond donors (Lipinski definition) is 3. The first-order valence-electron chi connectivity index (χ1n) is 9.51. The Bertz CT molecular complexity index is 417. The topological polar surface area (TPSA) is 70.2 Å². The molecule has 2 aliphatic rings. The van der Waals surface area contributed by atoms with Crippen LogP contribution in [0.2, 0.25) is 0 Å². The molecule has 3 amide bonds. The molecule has 3 N–H and O–H groups in total. The lowest BCUT2D eigenvalue weighted by Crippen LogP contribution is -2.36. The van der Waals surface area contributed by atoms with Crippen LogP contribution in [-0.4, -0.2) is 41.6 Å². The third-order valence-corrected chi connectivity index (χ3v) is 6.37. The summed E-state index contributed by atoms with van der Waals surface area (Å²) in [7, 11) is 0. The largest absolute Gasteiger partial charge is 0.356 e. The van der Waals surface area contributed by atoms with Crippen LogP contribution in [-0.2, 0) is 4.79 Å². The molecule has 2 aliphatic heterocycles. The number of thioether (sulfide) groups is 1. The Morgan fingerprint density at radius 3 is 2.83 bits per heavy atom. The van der Waals surface area contributed by atoms with Crippen molar-refractivity contribution >= 4 is 23.7 Å². The van der Waals surface area contributed by atoms with Gasteiger partial charge in [0.2, 0.25) is 5.91 Å². The lowest BCUT2D eigenvalue weighted by molar-refractivity contribution is -0.121. The van der Waals surface area contributed by atoms with Gasteiger partial charge in [0, 0.05) is 24.0 Å². The van der Waals surface area contributed by atoms with Crippen LogP contribution in [0.15, 0.2) is 0 Å². The van der Waals surface area contributed by atoms with Gasteiger partial charge in [0.05, 0.1) is 12.1 Å². The monoisotopic (exact) mass is 355 g/mol. The van der Waals surface area contributed by atoms with Crippen molar-refractivity contribution < 1.29 is 9.59 Å². The first kappa shape index (κ1) is 19.4. The van der Waals surface area contributed by atoms with Gasteiger partial charge in [-0.05, 0) is 25.2 Å². The van der Waals surface area contributed by atoms with Crippen molar-refractivity contribution in [1.82, 2.24) is 16.0 Å². The molecule has 2 saturated heterocycles. The Labute approximate surface area is 150 Å². The minimum Gasteiger partial charge on any atom is -0.356 e. The minimum atomic E-state index is -0.0249. The summed E-state index contributed by atoms with van der Waals surface area (Å²) in [4.78, 5) is 23.2. The third kappa shape index (κ3) is 6.54. The van der Waals surface area contributed by atoms with E-state index in [9.17, 15) is 9.59 Å². The summed E-state index contributed by atoms with van der Waals surface area (Å²) >= 11 is 1.94. The molecule has 5 nitrogen and oxygen atoms in total. The van der Waals surface area contributed by atoms with Gasteiger partial charge in [-0.3, -0.25) is 4.79 Å². The van der Waals surface area contributed by atoms with E-state index in [1.165, 1.54) is 19.3 Å². The standard InChI is InChI=1S/C18H33N3O2S/c1-13(2)8-4-3-7-11-19-16(22)10-6-5-9-15-17-14(12-24-15)20-18(23)21-17/h13-15,17H,3-12H2,1-2H3,(H,19,22)(H2,20,21,23)/t14-,15-,17-/m0/s1. The number of hydrogen-bond acceptors (Lipinski definition) is 3. The minimum absolute atomic E-state index is 0.0249. The molecule has 6 heteroatoms. The van der Waals surface area contributed by atoms with Crippen LogP contribution in [0.4, 0.5) is 4.79 Å². The predicted octanol–water partition coefficient (Wildman–Crippen LogP) is 3.04. The molecule has 0 aromatic carbocycles. The van der Waals surface area contributed by atoms with Crippen molar-refractivity contribution in [2.75, 3.05) is 12.3 Å². The second-order valence-electron chi connectivity index (χ2n) is 7.46. The van der Waals surface area contributed by atoms with Crippen LogP contribution in [0, 0.1) is 5.92 Å². The van der Waals surface area contributed by atoms with Gasteiger partial charge in [-0.2, -0.15) is 11.8 Å². The number of nitrogens with one attached hydrogen (secondary N) is 3. The van der Waals surface area contributed by atoms with Crippen molar-refractivity contribution in [2.24, 2.45) is 5.92 Å². The SMILES string of the molecule is CC(C)CCCCCNC(=O)CCCC[C@@H]1SC[C@@H]2NC(=O)N[C@@H]21. The fourth-order valence-electron chi connectivity index (χ4n) is 3.44. The molecule has 0 saturated carbocycles. The fourth-order valence-corrected chi connectivity index (χ4v) is 4.99. The average molecular weight is 356 g/mol. The van der Waals surface area contributed by atoms with E-state index in [-0.39, 0.29) is 18.0 Å². The van der Waals surface area contributed by atoms with Crippen molar-refractivity contribution in [1.29, 1.82) is 0 Å². The van der Waals surface area contributed by atoms with E-state index in [2.05, 4.69) is 29.8 Å². The van der Waals surface area contributed by atoms with Crippen molar-refractivity contribution in [3.05, 3.63) is 0 Å². The van der Waals surface area contributed by atoms with Gasteiger partial charge in [0.25, 0.3) is 0 Å². The zero-order chi connectivity index (χ0) is 17.4. The first-order valence-corrected chi connectivity index (χ1v) is 10.6. The molecule has 3 atom stereocenters. The predicted molar refractivity (Wildman–Crippen MR) is 100 cm³/mol. The highest BCUT2D eigenvalue weighted by Crippen LogP contribution is 2.33. The number of carbonyl (C=O) groups is 2. The van der Waals surface area contributed by atoms with E-state index in [0.29, 0.717) is 17.7 Å². The number of rotatable bonds is 11. The van der Waals surface area contributed by atoms with E-state index in [1.54, 1.807) is 0 Å². The summed E-state index contributed by atoms with van der Waals surface area (Å²) in [6, 6.07) is 0.553. The Morgan fingerprint density at radius 2 is 2.04 bits per heavy atom. The van der Waals surface area contributed by atoms with Gasteiger partial charge in [0.15, 0.2) is 0 Å². The second kappa shape index (κ2) is 10.2. The Balaban J connectivity index is 1.44. The smallest absolute Gasteiger partial charge is 0.315 e. The number of amides is 3. The summed E-state index contributed by atoms with van der Waals surface area (Å²) in [6.07, 6.45) is 8.55. The molecule has 2 heterocycles. The maximum Gasteiger partial charge on any atom is 0.315 e. The molecule has 2 rings (SSSR count). The van der Waals surface area contributed by atoms with Crippen LogP contribution >= 0.6 is 11.8 Å². The van der Waals surface area contributed by atoms with Gasteiger partial charge in [-0.25, -0.2) is 4.79 Å². The van der Waals surface area contributed by atoms with Crippen molar-refractivity contribution in [3.63, 3.8) is 0 Å². The van der Waals surface area contributed by atoms with Gasteiger partial charge in [0.1, 0.15) is 0 Å². The maximum absolute atomic E-state index is 11.8. The average Bonchev–Trinajstić information content (AvgIpc) is 3.06. The highest BCUT2D eigenvalue weighted by atomic mass is 32.2. The van der Waals surface area contributed by atoms with Crippen LogP contribution in [0.1, 0.15) is 65.2 Å². The summed E-state index contributed by atoms with van der Waals surface area (Å²) in [5.41, 5.74) is 0. The summed E-state index contributed by atoms with van der Waals surface area (Å²) < 4.78 is 0. The van der Waals surface area contributed by atoms with Gasteiger partial charge < -0.3 is 16.0 Å². The molecule has 0 aromatic heterocycles. The van der Waals surface area contributed by atoms with Crippen molar-refractivity contribution in [3.8, 4) is 0 Å². The van der Waals surface area contributed by atoms with Gasteiger partial charge in [-0.1, -0.05) is 39.5 Å². The summed E-state index contributed by atoms with van der Waals surface area (Å²) in [5.74, 6) is 1.97. The Morgan fingerprint density at radius 1 is 1.21 bits per heavy atom. The van der Waals surface area contributed by atoms with E-state index in [0.717, 1.165) is 43.9 Å². The molecular formula is C18H33N3O2S. The Kier molecular flexibility index (Phi) is 8.22. The van der Waals surface area contributed by atoms with Crippen LogP contribution in [0.25, 0.3) is 0 Å². The van der Waals surface area contributed by atoms with E-state index in [4.69, 9.17) is 0 Å². The Hall–Kier alpha value is -0.910. The molecule has 0 bridgehead atoms. The normalized spacial score (nSPS) is 25.5. The number of urea groups is 1. The van der Waals surface area contributed by atoms with Gasteiger partial charge in [-0.15, -0.1) is 0 Å². The molecule has 138 valence electrons. The highest BCUT2D eigenvalue weighted by molar-refractivity contribution is 8.00. The molecule has 2 fully saturated rings. The van der Waals surface area contributed by atoms with E-state index in [1.807, 2.05) is 11.8 Å². The van der Waals surface area contributed by atoms with E-state index < -0.39 is 0 Å². The van der Waals surface area contributed by atoms with Crippen molar-refractivity contribution in [2.45, 2.75) is 82.5 Å². The van der Waals surface area contributed by atoms with Gasteiger partial charge >= 0.3 is 6.03 Å². The summed E-state index contributed by atoms with van der Waals surface area (Å²) in [6.45, 7) is 5.32. The molecule has 0 unspecified atom stereocenters. The number of carbonyl (C=O) groups excluding carboxylic acids is 2. The lowest BCUT2D eigenvalue weighted by Gasteiger charge is -2.16. The van der Waals surface area contributed by atoms with E-state index >= 15 is 0 Å². The molecule has 24 heavy (non-hydrogen) atoms. The van der Waals surface area contributed by atoms with Crippen LogP contribution < -0.4 is 16.0 Å². The zero-order valence-electron chi connectivity index (χ0n) is 15.1.